The Hall–Kier alpha value is -5.34. The summed E-state index contributed by atoms with van der Waals surface area (Å²) in [5.41, 5.74) is 1.50. The van der Waals surface area contributed by atoms with Gasteiger partial charge in [-0.25, -0.2) is 32.5 Å². The van der Waals surface area contributed by atoms with Crippen molar-refractivity contribution in [2.45, 2.75) is 0 Å². The Labute approximate surface area is 315 Å². The van der Waals surface area contributed by atoms with Crippen molar-refractivity contribution >= 4 is 21.8 Å². The second-order valence-electron chi connectivity index (χ2n) is 10.5. The summed E-state index contributed by atoms with van der Waals surface area (Å²) in [6.07, 6.45) is 4.56. The van der Waals surface area contributed by atoms with Crippen LogP contribution in [0.5, 0.6) is 23.0 Å². The second-order valence-corrected chi connectivity index (χ2v) is 10.5. The number of rotatable bonds is 7. The van der Waals surface area contributed by atoms with E-state index in [4.69, 9.17) is 9.47 Å². The summed E-state index contributed by atoms with van der Waals surface area (Å²) < 4.78 is 69.5. The molecule has 0 fully saturated rings. The third-order valence-corrected chi connectivity index (χ3v) is 7.32. The Kier molecular flexibility index (Phi) is 10.3. The van der Waals surface area contributed by atoms with Gasteiger partial charge in [-0.05, 0) is 0 Å². The molecule has 0 atom stereocenters. The minimum absolute atomic E-state index is 0. The minimum atomic E-state index is -0.827. The molecule has 0 spiro atoms. The van der Waals surface area contributed by atoms with Crippen molar-refractivity contribution in [2.75, 3.05) is 0 Å². The van der Waals surface area contributed by atoms with Crippen LogP contribution in [0.1, 0.15) is 0 Å². The first kappa shape index (κ1) is 35.5. The summed E-state index contributed by atoms with van der Waals surface area (Å²) in [7, 11) is 0. The summed E-state index contributed by atoms with van der Waals surface area (Å²) in [5.74, 6) is -1.86. The first-order valence-electron chi connectivity index (χ1n) is 14.5. The van der Waals surface area contributed by atoms with Crippen molar-refractivity contribution in [3.8, 4) is 51.5 Å². The van der Waals surface area contributed by atoms with E-state index >= 15 is 0 Å². The van der Waals surface area contributed by atoms with E-state index in [1.165, 1.54) is 12.7 Å². The van der Waals surface area contributed by atoms with E-state index in [2.05, 4.69) is 49.2 Å². The molecule has 8 rings (SSSR count). The smallest absolute Gasteiger partial charge is 0.503 e. The predicted octanol–water partition coefficient (Wildman–Crippen LogP) is 8.43. The van der Waals surface area contributed by atoms with Crippen LogP contribution in [0, 0.1) is 47.5 Å². The van der Waals surface area contributed by atoms with Crippen LogP contribution in [-0.4, -0.2) is 29.5 Å². The zero-order valence-corrected chi connectivity index (χ0v) is 29.2. The topological polar surface area (TPSA) is 87.8 Å². The van der Waals surface area contributed by atoms with Crippen molar-refractivity contribution in [2.24, 2.45) is 0 Å². The van der Waals surface area contributed by atoms with Gasteiger partial charge in [0.25, 0.3) is 0 Å². The van der Waals surface area contributed by atoms with Crippen molar-refractivity contribution < 1.29 is 68.5 Å². The molecule has 4 aromatic heterocycles. The van der Waals surface area contributed by atoms with Crippen LogP contribution in [0.2, 0.25) is 0 Å². The van der Waals surface area contributed by atoms with E-state index in [0.717, 1.165) is 35.3 Å². The van der Waals surface area contributed by atoms with Crippen LogP contribution in [0.15, 0.2) is 97.8 Å². The second kappa shape index (κ2) is 14.9. The van der Waals surface area contributed by atoms with Crippen LogP contribution >= 0.6 is 0 Å². The molecule has 0 saturated heterocycles. The SMILES string of the molecule is Fc1cnc(-c2[c-]c(Oc3[c-]c4c(cc3)c3ccc(Oc5[c-]c(-c6ncc(F)cc6F)ccc5)[c-]c3n4-c3ncncn3)ccc2)c(F)c1.[Pd+2].[Pt+2]. The Morgan fingerprint density at radius 2 is 1.00 bits per heavy atom. The zero-order chi connectivity index (χ0) is 33.5. The Balaban J connectivity index is 0.00000224. The molecule has 0 aliphatic rings. The van der Waals surface area contributed by atoms with Gasteiger partial charge in [-0.3, -0.25) is 9.97 Å². The van der Waals surface area contributed by atoms with E-state index < -0.39 is 23.3 Å². The number of fused-ring (bicyclic) bond motifs is 3. The molecule has 0 N–H and O–H groups in total. The monoisotopic (exact) mass is 953 g/mol. The number of aromatic nitrogens is 6. The summed E-state index contributed by atoms with van der Waals surface area (Å²) in [4.78, 5) is 20.3. The maximum Gasteiger partial charge on any atom is 2.00 e. The number of halogens is 4. The van der Waals surface area contributed by atoms with E-state index in [-0.39, 0.29) is 81.5 Å². The average molecular weight is 954 g/mol. The van der Waals surface area contributed by atoms with Crippen molar-refractivity contribution in [3.05, 3.63) is 145 Å². The van der Waals surface area contributed by atoms with Gasteiger partial charge in [0.1, 0.15) is 35.9 Å². The van der Waals surface area contributed by atoms with Gasteiger partial charge in [-0.15, -0.1) is 71.8 Å². The first-order valence-corrected chi connectivity index (χ1v) is 14.5. The molecule has 0 radical (unpaired) electrons. The summed E-state index contributed by atoms with van der Waals surface area (Å²) in [5, 5.41) is 1.54. The van der Waals surface area contributed by atoms with Gasteiger partial charge in [-0.2, -0.15) is 22.9 Å². The minimum Gasteiger partial charge on any atom is -0.503 e. The number of pyridine rings is 2. The first-order chi connectivity index (χ1) is 23.9. The number of benzene rings is 4. The fraction of sp³-hybridized carbons (Fsp3) is 0. The predicted molar refractivity (Wildman–Crippen MR) is 169 cm³/mol. The largest absolute Gasteiger partial charge is 2.00 e. The zero-order valence-electron chi connectivity index (χ0n) is 25.4. The number of nitrogens with zero attached hydrogens (tertiary/aromatic N) is 6. The van der Waals surface area contributed by atoms with Gasteiger partial charge in [0.05, 0.1) is 12.4 Å². The molecule has 4 heterocycles. The Morgan fingerprint density at radius 3 is 1.45 bits per heavy atom. The molecule has 51 heavy (non-hydrogen) atoms. The Morgan fingerprint density at radius 1 is 0.549 bits per heavy atom. The third-order valence-electron chi connectivity index (χ3n) is 7.32. The third kappa shape index (κ3) is 7.14. The molecule has 14 heteroatoms. The molecule has 0 amide bonds. The van der Waals surface area contributed by atoms with E-state index in [9.17, 15) is 17.6 Å². The van der Waals surface area contributed by atoms with Gasteiger partial charge >= 0.3 is 41.5 Å². The van der Waals surface area contributed by atoms with E-state index in [1.54, 1.807) is 53.1 Å². The molecule has 8 nitrogen and oxygen atoms in total. The maximum absolute atomic E-state index is 14.4. The van der Waals surface area contributed by atoms with Crippen LogP contribution in [0.25, 0.3) is 50.3 Å². The molecular weight excluding hydrogens is 938 g/mol. The number of hydrogen-bond acceptors (Lipinski definition) is 7. The molecular formula is C37H16F4N6O2PdPt. The molecule has 0 aliphatic heterocycles. The van der Waals surface area contributed by atoms with Gasteiger partial charge < -0.3 is 14.0 Å². The van der Waals surface area contributed by atoms with E-state index in [0.29, 0.717) is 22.5 Å². The normalized spacial score (nSPS) is 10.8. The standard InChI is InChI=1S/C37H16F4N6O2.Pd.Pt/c38-23-13-31(40)35(43-17-23)21-3-1-5-25(11-21)48-27-7-9-29-30-10-8-28(16-34(30)47(33(29)15-27)37-45-19-42-20-46-37)49-26-6-2-4-22(12-26)36-32(41)14-24(39)18-44-36;;/h1-10,13-14,17-20H;;/q-4;2*+2. The summed E-state index contributed by atoms with van der Waals surface area (Å²) >= 11 is 0. The number of ether oxygens (including phenoxy) is 2. The molecule has 0 bridgehead atoms. The van der Waals surface area contributed by atoms with Gasteiger partial charge in [0.15, 0.2) is 0 Å². The fourth-order valence-electron chi connectivity index (χ4n) is 5.25. The molecule has 254 valence electrons. The van der Waals surface area contributed by atoms with E-state index in [1.807, 2.05) is 12.1 Å². The van der Waals surface area contributed by atoms with Crippen molar-refractivity contribution in [1.29, 1.82) is 0 Å². The van der Waals surface area contributed by atoms with Crippen molar-refractivity contribution in [3.63, 3.8) is 0 Å². The van der Waals surface area contributed by atoms with Gasteiger partial charge in [0, 0.05) is 46.5 Å². The molecule has 0 saturated carbocycles. The summed E-state index contributed by atoms with van der Waals surface area (Å²) in [6.45, 7) is 0. The van der Waals surface area contributed by atoms with Crippen LogP contribution < -0.4 is 9.47 Å². The van der Waals surface area contributed by atoms with Gasteiger partial charge in [0.2, 0.25) is 5.95 Å². The fourth-order valence-corrected chi connectivity index (χ4v) is 5.25. The average Bonchev–Trinajstić information content (AvgIpc) is 3.41. The maximum atomic E-state index is 14.4. The molecule has 8 aromatic rings. The van der Waals surface area contributed by atoms with Crippen molar-refractivity contribution in [1.82, 2.24) is 29.5 Å². The van der Waals surface area contributed by atoms with Crippen LogP contribution in [0.3, 0.4) is 0 Å². The molecule has 4 aromatic carbocycles. The Bertz CT molecular complexity index is 2390. The van der Waals surface area contributed by atoms with Crippen LogP contribution in [-0.2, 0) is 41.5 Å². The van der Waals surface area contributed by atoms with Gasteiger partial charge in [-0.1, -0.05) is 23.2 Å². The van der Waals surface area contributed by atoms with Crippen LogP contribution in [0.4, 0.5) is 17.6 Å². The molecule has 0 unspecified atom stereocenters. The summed E-state index contributed by atoms with van der Waals surface area (Å²) in [6, 6.07) is 30.8. The number of hydrogen-bond donors (Lipinski definition) is 0. The quantitative estimate of drug-likeness (QED) is 0.0902. The molecule has 0 aliphatic carbocycles.